The first kappa shape index (κ1) is 20.0. The Kier molecular flexibility index (Phi) is 8.54. The normalized spacial score (nSPS) is 10.8. The van der Waals surface area contributed by atoms with E-state index in [9.17, 15) is 4.79 Å². The first-order chi connectivity index (χ1) is 12.1. The molecule has 0 atom stereocenters. The van der Waals surface area contributed by atoms with E-state index < -0.39 is 0 Å². The zero-order valence-electron chi connectivity index (χ0n) is 13.9. The van der Waals surface area contributed by atoms with E-state index in [1.807, 2.05) is 16.7 Å². The molecular weight excluding hydrogens is 383 g/mol. The third-order valence-corrected chi connectivity index (χ3v) is 5.25. The number of carbonyl (C=O) groups excluding carboxylic acids is 1. The number of aromatic nitrogens is 3. The zero-order chi connectivity index (χ0) is 18.1. The molecule has 2 aromatic rings. The van der Waals surface area contributed by atoms with Crippen LogP contribution < -0.4 is 5.32 Å². The quantitative estimate of drug-likeness (QED) is 0.488. The highest BCUT2D eigenvalue weighted by molar-refractivity contribution is 7.99. The van der Waals surface area contributed by atoms with Gasteiger partial charge in [-0.1, -0.05) is 47.1 Å². The number of hydrogen-bond donors (Lipinski definition) is 1. The highest BCUT2D eigenvalue weighted by atomic mass is 35.5. The second-order valence-corrected chi connectivity index (χ2v) is 6.98. The van der Waals surface area contributed by atoms with E-state index in [0.717, 1.165) is 23.7 Å². The van der Waals surface area contributed by atoms with E-state index in [0.29, 0.717) is 29.6 Å². The summed E-state index contributed by atoms with van der Waals surface area (Å²) in [5.41, 5.74) is 0.917. The van der Waals surface area contributed by atoms with Gasteiger partial charge in [0.25, 0.3) is 0 Å². The molecule has 25 heavy (non-hydrogen) atoms. The van der Waals surface area contributed by atoms with Crippen LogP contribution in [0.15, 0.2) is 29.7 Å². The Morgan fingerprint density at radius 3 is 3.04 bits per heavy atom. The summed E-state index contributed by atoms with van der Waals surface area (Å²) >= 11 is 13.5. The van der Waals surface area contributed by atoms with Crippen LogP contribution in [0.5, 0.6) is 0 Å². The minimum Gasteiger partial charge on any atom is -0.385 e. The lowest BCUT2D eigenvalue weighted by molar-refractivity contribution is -0.118. The fourth-order valence-corrected chi connectivity index (χ4v) is 3.33. The number of ether oxygens (including phenoxy) is 1. The Balaban J connectivity index is 1.72. The molecule has 0 fully saturated rings. The van der Waals surface area contributed by atoms with E-state index >= 15 is 0 Å². The molecule has 1 amide bonds. The number of carbonyl (C=O) groups is 1. The Bertz CT molecular complexity index is 697. The summed E-state index contributed by atoms with van der Waals surface area (Å²) in [7, 11) is 1.67. The maximum absolute atomic E-state index is 12.0. The number of thioether (sulfide) groups is 1. The molecule has 0 saturated carbocycles. The lowest BCUT2D eigenvalue weighted by Gasteiger charge is -2.08. The SMILES string of the molecule is COCCCn1cnnc1SCC(=O)NCCc1cccc(Cl)c1Cl. The van der Waals surface area contributed by atoms with Crippen LogP contribution in [0.25, 0.3) is 0 Å². The zero-order valence-corrected chi connectivity index (χ0v) is 16.2. The smallest absolute Gasteiger partial charge is 0.230 e. The molecule has 0 unspecified atom stereocenters. The average molecular weight is 403 g/mol. The molecule has 0 radical (unpaired) electrons. The molecule has 0 spiro atoms. The van der Waals surface area contributed by atoms with Crippen molar-refractivity contribution in [3.05, 3.63) is 40.1 Å². The molecule has 0 aliphatic carbocycles. The van der Waals surface area contributed by atoms with Crippen molar-refractivity contribution in [2.75, 3.05) is 26.0 Å². The van der Waals surface area contributed by atoms with Gasteiger partial charge in [0, 0.05) is 26.8 Å². The van der Waals surface area contributed by atoms with Gasteiger partial charge in [-0.15, -0.1) is 10.2 Å². The maximum atomic E-state index is 12.0. The summed E-state index contributed by atoms with van der Waals surface area (Å²) in [6.07, 6.45) is 3.16. The van der Waals surface area contributed by atoms with Crippen molar-refractivity contribution in [1.29, 1.82) is 0 Å². The molecule has 136 valence electrons. The standard InChI is InChI=1S/C16H20Cl2N4O2S/c1-24-9-3-8-22-11-20-21-16(22)25-10-14(23)19-7-6-12-4-2-5-13(17)15(12)18/h2,4-5,11H,3,6-10H2,1H3,(H,19,23). The van der Waals surface area contributed by atoms with Gasteiger partial charge in [0.2, 0.25) is 5.91 Å². The summed E-state index contributed by atoms with van der Waals surface area (Å²) in [6, 6.07) is 5.49. The van der Waals surface area contributed by atoms with Gasteiger partial charge in [0.05, 0.1) is 15.8 Å². The second kappa shape index (κ2) is 10.7. The van der Waals surface area contributed by atoms with Gasteiger partial charge in [-0.2, -0.15) is 0 Å². The molecule has 0 aliphatic rings. The van der Waals surface area contributed by atoms with Crippen molar-refractivity contribution in [3.8, 4) is 0 Å². The molecule has 6 nitrogen and oxygen atoms in total. The van der Waals surface area contributed by atoms with Gasteiger partial charge in [-0.05, 0) is 24.5 Å². The van der Waals surface area contributed by atoms with Crippen molar-refractivity contribution in [2.24, 2.45) is 0 Å². The molecule has 9 heteroatoms. The van der Waals surface area contributed by atoms with Gasteiger partial charge in [0.15, 0.2) is 5.16 Å². The van der Waals surface area contributed by atoms with Crippen molar-refractivity contribution < 1.29 is 9.53 Å². The molecule has 0 bridgehead atoms. The number of halogens is 2. The summed E-state index contributed by atoms with van der Waals surface area (Å²) in [5.74, 6) is 0.223. The lowest BCUT2D eigenvalue weighted by atomic mass is 10.1. The van der Waals surface area contributed by atoms with Crippen LogP contribution in [0, 0.1) is 0 Å². The first-order valence-corrected chi connectivity index (χ1v) is 9.55. The van der Waals surface area contributed by atoms with E-state index in [4.69, 9.17) is 27.9 Å². The molecule has 1 aromatic heterocycles. The van der Waals surface area contributed by atoms with Crippen molar-refractivity contribution in [3.63, 3.8) is 0 Å². The fourth-order valence-electron chi connectivity index (χ4n) is 2.15. The summed E-state index contributed by atoms with van der Waals surface area (Å²) in [4.78, 5) is 12.0. The monoisotopic (exact) mass is 402 g/mol. The second-order valence-electron chi connectivity index (χ2n) is 5.25. The summed E-state index contributed by atoms with van der Waals surface area (Å²) in [6.45, 7) is 1.94. The van der Waals surface area contributed by atoms with Crippen molar-refractivity contribution in [2.45, 2.75) is 24.5 Å². The largest absolute Gasteiger partial charge is 0.385 e. The van der Waals surface area contributed by atoms with Crippen molar-refractivity contribution in [1.82, 2.24) is 20.1 Å². The number of aryl methyl sites for hydroxylation is 1. The van der Waals surface area contributed by atoms with Crippen molar-refractivity contribution >= 4 is 40.9 Å². The van der Waals surface area contributed by atoms with Crippen LogP contribution >= 0.6 is 35.0 Å². The van der Waals surface area contributed by atoms with Crippen LogP contribution in [0.1, 0.15) is 12.0 Å². The van der Waals surface area contributed by atoms with Gasteiger partial charge in [-0.25, -0.2) is 0 Å². The maximum Gasteiger partial charge on any atom is 0.230 e. The minimum absolute atomic E-state index is 0.0606. The highest BCUT2D eigenvalue weighted by Gasteiger charge is 2.09. The molecule has 2 rings (SSSR count). The minimum atomic E-state index is -0.0606. The summed E-state index contributed by atoms with van der Waals surface area (Å²) in [5, 5.41) is 12.6. The first-order valence-electron chi connectivity index (χ1n) is 7.81. The average Bonchev–Trinajstić information content (AvgIpc) is 3.04. The van der Waals surface area contributed by atoms with Gasteiger partial charge in [0.1, 0.15) is 6.33 Å². The third kappa shape index (κ3) is 6.51. The van der Waals surface area contributed by atoms with E-state index in [1.165, 1.54) is 11.8 Å². The number of rotatable bonds is 10. The van der Waals surface area contributed by atoms with Crippen LogP contribution in [-0.4, -0.2) is 46.7 Å². The Hall–Kier alpha value is -1.28. The van der Waals surface area contributed by atoms with Crippen LogP contribution in [-0.2, 0) is 22.5 Å². The number of methoxy groups -OCH3 is 1. The van der Waals surface area contributed by atoms with E-state index in [2.05, 4.69) is 15.5 Å². The molecule has 0 saturated heterocycles. The number of nitrogens with one attached hydrogen (secondary N) is 1. The topological polar surface area (TPSA) is 69.0 Å². The highest BCUT2D eigenvalue weighted by Crippen LogP contribution is 2.25. The lowest BCUT2D eigenvalue weighted by Crippen LogP contribution is -2.27. The summed E-state index contributed by atoms with van der Waals surface area (Å²) < 4.78 is 6.95. The number of benzene rings is 1. The van der Waals surface area contributed by atoms with Crippen LogP contribution in [0.2, 0.25) is 10.0 Å². The van der Waals surface area contributed by atoms with Crippen LogP contribution in [0.4, 0.5) is 0 Å². The third-order valence-electron chi connectivity index (χ3n) is 3.41. The van der Waals surface area contributed by atoms with Crippen LogP contribution in [0.3, 0.4) is 0 Å². The predicted octanol–water partition coefficient (Wildman–Crippen LogP) is 3.07. The Morgan fingerprint density at radius 1 is 1.40 bits per heavy atom. The number of hydrogen-bond acceptors (Lipinski definition) is 5. The van der Waals surface area contributed by atoms with Gasteiger partial charge in [-0.3, -0.25) is 4.79 Å². The predicted molar refractivity (Wildman–Crippen MR) is 100 cm³/mol. The van der Waals surface area contributed by atoms with E-state index in [1.54, 1.807) is 19.5 Å². The number of nitrogens with zero attached hydrogens (tertiary/aromatic N) is 3. The number of amides is 1. The molecule has 1 heterocycles. The molecule has 1 aromatic carbocycles. The van der Waals surface area contributed by atoms with Gasteiger partial charge < -0.3 is 14.6 Å². The Morgan fingerprint density at radius 2 is 2.24 bits per heavy atom. The molecular formula is C16H20Cl2N4O2S. The van der Waals surface area contributed by atoms with Gasteiger partial charge >= 0.3 is 0 Å². The Labute approximate surface area is 161 Å². The van der Waals surface area contributed by atoms with E-state index in [-0.39, 0.29) is 11.7 Å². The molecule has 0 aliphatic heterocycles. The fraction of sp³-hybridized carbons (Fsp3) is 0.438. The molecule has 1 N–H and O–H groups in total.